The number of aryl methyl sites for hydroxylation is 2. The van der Waals surface area contributed by atoms with E-state index in [1.165, 1.54) is 16.7 Å². The second-order valence-electron chi connectivity index (χ2n) is 4.97. The second kappa shape index (κ2) is 5.50. The second-order valence-corrected chi connectivity index (χ2v) is 4.97. The SMILES string of the molecule is Cc1ccc(CN2CCOC(C(=N)N)C2)cc1C. The third-order valence-corrected chi connectivity index (χ3v) is 3.47. The summed E-state index contributed by atoms with van der Waals surface area (Å²) in [6, 6.07) is 6.56. The first-order valence-electron chi connectivity index (χ1n) is 6.30. The first-order valence-corrected chi connectivity index (χ1v) is 6.30. The lowest BCUT2D eigenvalue weighted by atomic mass is 10.1. The average molecular weight is 247 g/mol. The maximum Gasteiger partial charge on any atom is 0.127 e. The number of rotatable bonds is 3. The van der Waals surface area contributed by atoms with E-state index in [0.717, 1.165) is 13.1 Å². The first kappa shape index (κ1) is 13.1. The zero-order valence-corrected chi connectivity index (χ0v) is 11.1. The van der Waals surface area contributed by atoms with E-state index in [-0.39, 0.29) is 11.9 Å². The quantitative estimate of drug-likeness (QED) is 0.627. The molecule has 4 heteroatoms. The van der Waals surface area contributed by atoms with Crippen LogP contribution < -0.4 is 5.73 Å². The van der Waals surface area contributed by atoms with Gasteiger partial charge >= 0.3 is 0 Å². The minimum absolute atomic E-state index is 0.125. The summed E-state index contributed by atoms with van der Waals surface area (Å²) in [5.41, 5.74) is 9.45. The van der Waals surface area contributed by atoms with E-state index in [1.807, 2.05) is 0 Å². The predicted octanol–water partition coefficient (Wildman–Crippen LogP) is 1.44. The van der Waals surface area contributed by atoms with Gasteiger partial charge in [-0.05, 0) is 30.5 Å². The molecule has 0 spiro atoms. The minimum atomic E-state index is -0.245. The van der Waals surface area contributed by atoms with Gasteiger partial charge in [0.2, 0.25) is 0 Å². The van der Waals surface area contributed by atoms with Gasteiger partial charge in [0.05, 0.1) is 6.61 Å². The maximum absolute atomic E-state index is 7.45. The van der Waals surface area contributed by atoms with Gasteiger partial charge in [0, 0.05) is 19.6 Å². The van der Waals surface area contributed by atoms with Crippen molar-refractivity contribution in [2.75, 3.05) is 19.7 Å². The Kier molecular flexibility index (Phi) is 3.99. The highest BCUT2D eigenvalue weighted by Crippen LogP contribution is 2.14. The molecule has 1 aliphatic heterocycles. The molecule has 98 valence electrons. The molecule has 1 atom stereocenters. The van der Waals surface area contributed by atoms with Crippen molar-refractivity contribution in [1.29, 1.82) is 5.41 Å². The standard InChI is InChI=1S/C14H21N3O/c1-10-3-4-12(7-11(10)2)8-17-5-6-18-13(9-17)14(15)16/h3-4,7,13H,5-6,8-9H2,1-2H3,(H3,15,16). The van der Waals surface area contributed by atoms with Gasteiger partial charge in [-0.25, -0.2) is 0 Å². The Bertz CT molecular complexity index is 445. The number of nitrogens with one attached hydrogen (secondary N) is 1. The van der Waals surface area contributed by atoms with Crippen LogP contribution in [0.4, 0.5) is 0 Å². The van der Waals surface area contributed by atoms with Crippen molar-refractivity contribution >= 4 is 5.84 Å². The highest BCUT2D eigenvalue weighted by molar-refractivity contribution is 5.82. The van der Waals surface area contributed by atoms with Crippen LogP contribution in [0.5, 0.6) is 0 Å². The number of nitrogens with two attached hydrogens (primary N) is 1. The van der Waals surface area contributed by atoms with Crippen molar-refractivity contribution in [3.8, 4) is 0 Å². The topological polar surface area (TPSA) is 62.3 Å². The van der Waals surface area contributed by atoms with Gasteiger partial charge in [-0.2, -0.15) is 0 Å². The number of hydrogen-bond acceptors (Lipinski definition) is 3. The molecule has 0 aromatic heterocycles. The zero-order valence-electron chi connectivity index (χ0n) is 11.1. The molecular weight excluding hydrogens is 226 g/mol. The molecule has 18 heavy (non-hydrogen) atoms. The summed E-state index contributed by atoms with van der Waals surface area (Å²) in [7, 11) is 0. The number of amidine groups is 1. The third-order valence-electron chi connectivity index (χ3n) is 3.47. The number of benzene rings is 1. The van der Waals surface area contributed by atoms with Crippen molar-refractivity contribution in [3.63, 3.8) is 0 Å². The Balaban J connectivity index is 2.00. The lowest BCUT2D eigenvalue weighted by Crippen LogP contribution is -2.47. The van der Waals surface area contributed by atoms with Crippen molar-refractivity contribution in [2.24, 2.45) is 5.73 Å². The van der Waals surface area contributed by atoms with Crippen LogP contribution >= 0.6 is 0 Å². The fourth-order valence-corrected chi connectivity index (χ4v) is 2.19. The molecule has 1 aliphatic rings. The molecule has 0 bridgehead atoms. The molecular formula is C14H21N3O. The Morgan fingerprint density at radius 3 is 2.89 bits per heavy atom. The molecule has 4 nitrogen and oxygen atoms in total. The number of hydrogen-bond donors (Lipinski definition) is 2. The van der Waals surface area contributed by atoms with E-state index in [1.54, 1.807) is 0 Å². The van der Waals surface area contributed by atoms with E-state index < -0.39 is 0 Å². The van der Waals surface area contributed by atoms with E-state index in [0.29, 0.717) is 13.2 Å². The average Bonchev–Trinajstić information content (AvgIpc) is 2.34. The number of ether oxygens (including phenoxy) is 1. The molecule has 1 heterocycles. The molecule has 3 N–H and O–H groups in total. The van der Waals surface area contributed by atoms with Crippen LogP contribution in [0.1, 0.15) is 16.7 Å². The highest BCUT2D eigenvalue weighted by atomic mass is 16.5. The molecule has 0 amide bonds. The fraction of sp³-hybridized carbons (Fsp3) is 0.500. The summed E-state index contributed by atoms with van der Waals surface area (Å²) in [5, 5.41) is 7.45. The van der Waals surface area contributed by atoms with Gasteiger partial charge in [-0.1, -0.05) is 18.2 Å². The summed E-state index contributed by atoms with van der Waals surface area (Å²) in [6.45, 7) is 7.42. The van der Waals surface area contributed by atoms with Gasteiger partial charge in [0.15, 0.2) is 0 Å². The lowest BCUT2D eigenvalue weighted by Gasteiger charge is -2.32. The fourth-order valence-electron chi connectivity index (χ4n) is 2.19. The van der Waals surface area contributed by atoms with Crippen LogP contribution in [-0.4, -0.2) is 36.5 Å². The third kappa shape index (κ3) is 3.09. The molecule has 0 saturated carbocycles. The Morgan fingerprint density at radius 2 is 2.22 bits per heavy atom. The summed E-state index contributed by atoms with van der Waals surface area (Å²) in [6.07, 6.45) is -0.245. The molecule has 1 unspecified atom stereocenters. The maximum atomic E-state index is 7.45. The minimum Gasteiger partial charge on any atom is -0.385 e. The number of morpholine rings is 1. The van der Waals surface area contributed by atoms with E-state index in [4.69, 9.17) is 15.9 Å². The van der Waals surface area contributed by atoms with Gasteiger partial charge in [0.1, 0.15) is 11.9 Å². The molecule has 1 aromatic rings. The summed E-state index contributed by atoms with van der Waals surface area (Å²) in [5.74, 6) is 0.125. The molecule has 0 radical (unpaired) electrons. The summed E-state index contributed by atoms with van der Waals surface area (Å²) in [4.78, 5) is 2.29. The molecule has 0 aliphatic carbocycles. The molecule has 1 saturated heterocycles. The van der Waals surface area contributed by atoms with Crippen molar-refractivity contribution in [3.05, 3.63) is 34.9 Å². The Labute approximate surface area is 108 Å². The summed E-state index contributed by atoms with van der Waals surface area (Å²) < 4.78 is 5.46. The largest absolute Gasteiger partial charge is 0.385 e. The smallest absolute Gasteiger partial charge is 0.127 e. The van der Waals surface area contributed by atoms with Gasteiger partial charge < -0.3 is 10.5 Å². The normalized spacial score (nSPS) is 20.9. The van der Waals surface area contributed by atoms with E-state index in [2.05, 4.69) is 36.9 Å². The predicted molar refractivity (Wildman–Crippen MR) is 72.8 cm³/mol. The van der Waals surface area contributed by atoms with Crippen LogP contribution in [0.25, 0.3) is 0 Å². The van der Waals surface area contributed by atoms with Crippen molar-refractivity contribution in [1.82, 2.24) is 4.90 Å². The number of nitrogens with zero attached hydrogens (tertiary/aromatic N) is 1. The monoisotopic (exact) mass is 247 g/mol. The molecule has 1 aromatic carbocycles. The van der Waals surface area contributed by atoms with Crippen LogP contribution in [-0.2, 0) is 11.3 Å². The van der Waals surface area contributed by atoms with Crippen LogP contribution in [0.15, 0.2) is 18.2 Å². The van der Waals surface area contributed by atoms with Crippen molar-refractivity contribution < 1.29 is 4.74 Å². The van der Waals surface area contributed by atoms with Crippen molar-refractivity contribution in [2.45, 2.75) is 26.5 Å². The van der Waals surface area contributed by atoms with Crippen LogP contribution in [0, 0.1) is 19.3 Å². The Morgan fingerprint density at radius 1 is 1.44 bits per heavy atom. The lowest BCUT2D eigenvalue weighted by molar-refractivity contribution is 0.00236. The highest BCUT2D eigenvalue weighted by Gasteiger charge is 2.22. The molecule has 1 fully saturated rings. The van der Waals surface area contributed by atoms with Gasteiger partial charge in [-0.3, -0.25) is 10.3 Å². The van der Waals surface area contributed by atoms with E-state index in [9.17, 15) is 0 Å². The first-order chi connectivity index (χ1) is 8.56. The summed E-state index contributed by atoms with van der Waals surface area (Å²) >= 11 is 0. The van der Waals surface area contributed by atoms with Gasteiger partial charge in [-0.15, -0.1) is 0 Å². The molecule has 2 rings (SSSR count). The Hall–Kier alpha value is -1.39. The van der Waals surface area contributed by atoms with Gasteiger partial charge in [0.25, 0.3) is 0 Å². The zero-order chi connectivity index (χ0) is 13.1. The van der Waals surface area contributed by atoms with E-state index >= 15 is 0 Å². The van der Waals surface area contributed by atoms with Crippen LogP contribution in [0.2, 0.25) is 0 Å². The van der Waals surface area contributed by atoms with Crippen LogP contribution in [0.3, 0.4) is 0 Å².